The van der Waals surface area contributed by atoms with Crippen LogP contribution in [0.3, 0.4) is 0 Å². The number of hydrogen-bond acceptors (Lipinski definition) is 2. The molecule has 18 heavy (non-hydrogen) atoms. The molecule has 0 aromatic heterocycles. The standard InChI is InChI=1S/C16H23NO/c1-10(2)14-5-12(13-7-17-8-13)6-15(11(3)4)16(14)9-18/h5-6,9-11,13,17H,7-8H2,1-4H3. The van der Waals surface area contributed by atoms with Gasteiger partial charge in [0.15, 0.2) is 6.29 Å². The van der Waals surface area contributed by atoms with E-state index in [1.165, 1.54) is 16.7 Å². The van der Waals surface area contributed by atoms with E-state index in [-0.39, 0.29) is 0 Å². The summed E-state index contributed by atoms with van der Waals surface area (Å²) in [6.07, 6.45) is 1.04. The first-order chi connectivity index (χ1) is 8.54. The van der Waals surface area contributed by atoms with Crippen molar-refractivity contribution >= 4 is 6.29 Å². The van der Waals surface area contributed by atoms with Crippen molar-refractivity contribution in [3.05, 3.63) is 34.4 Å². The number of nitrogens with one attached hydrogen (secondary N) is 1. The molecular weight excluding hydrogens is 222 g/mol. The maximum absolute atomic E-state index is 11.4. The highest BCUT2D eigenvalue weighted by Crippen LogP contribution is 2.32. The van der Waals surface area contributed by atoms with E-state index < -0.39 is 0 Å². The van der Waals surface area contributed by atoms with Gasteiger partial charge in [0.1, 0.15) is 0 Å². The third-order valence-corrected chi connectivity index (χ3v) is 3.88. The largest absolute Gasteiger partial charge is 0.315 e. The van der Waals surface area contributed by atoms with Gasteiger partial charge in [-0.25, -0.2) is 0 Å². The molecule has 1 heterocycles. The molecule has 0 bridgehead atoms. The van der Waals surface area contributed by atoms with Gasteiger partial charge in [-0.2, -0.15) is 0 Å². The molecule has 0 unspecified atom stereocenters. The highest BCUT2D eigenvalue weighted by molar-refractivity contribution is 5.81. The summed E-state index contributed by atoms with van der Waals surface area (Å²) < 4.78 is 0. The second-order valence-electron chi connectivity index (χ2n) is 5.90. The molecule has 1 saturated heterocycles. The Morgan fingerprint density at radius 3 is 1.89 bits per heavy atom. The molecule has 1 fully saturated rings. The van der Waals surface area contributed by atoms with Crippen LogP contribution < -0.4 is 5.32 Å². The first kappa shape index (κ1) is 13.3. The lowest BCUT2D eigenvalue weighted by Gasteiger charge is -2.30. The first-order valence-electron chi connectivity index (χ1n) is 6.88. The zero-order valence-corrected chi connectivity index (χ0v) is 11.8. The number of aldehydes is 1. The molecular formula is C16H23NO. The topological polar surface area (TPSA) is 29.1 Å². The van der Waals surface area contributed by atoms with Gasteiger partial charge in [-0.15, -0.1) is 0 Å². The summed E-state index contributed by atoms with van der Waals surface area (Å²) in [6, 6.07) is 4.48. The normalized spacial score (nSPS) is 16.1. The average Bonchev–Trinajstić information content (AvgIpc) is 2.25. The summed E-state index contributed by atoms with van der Waals surface area (Å²) in [5, 5.41) is 3.32. The lowest BCUT2D eigenvalue weighted by molar-refractivity contribution is 0.112. The van der Waals surface area contributed by atoms with E-state index in [9.17, 15) is 4.79 Å². The molecule has 1 aromatic rings. The Balaban J connectivity index is 2.54. The number of rotatable bonds is 4. The molecule has 2 rings (SSSR count). The minimum Gasteiger partial charge on any atom is -0.315 e. The van der Waals surface area contributed by atoms with E-state index in [2.05, 4.69) is 45.1 Å². The van der Waals surface area contributed by atoms with Gasteiger partial charge >= 0.3 is 0 Å². The van der Waals surface area contributed by atoms with Crippen LogP contribution in [0.5, 0.6) is 0 Å². The molecule has 0 aliphatic carbocycles. The molecule has 1 aliphatic rings. The molecule has 0 saturated carbocycles. The molecule has 2 nitrogen and oxygen atoms in total. The molecule has 2 heteroatoms. The van der Waals surface area contributed by atoms with Crippen LogP contribution >= 0.6 is 0 Å². The van der Waals surface area contributed by atoms with Crippen LogP contribution in [-0.2, 0) is 0 Å². The van der Waals surface area contributed by atoms with Gasteiger partial charge in [0.2, 0.25) is 0 Å². The van der Waals surface area contributed by atoms with Crippen molar-refractivity contribution in [2.75, 3.05) is 13.1 Å². The van der Waals surface area contributed by atoms with E-state index in [4.69, 9.17) is 0 Å². The highest BCUT2D eigenvalue weighted by Gasteiger charge is 2.23. The van der Waals surface area contributed by atoms with Gasteiger partial charge < -0.3 is 5.32 Å². The number of carbonyl (C=O) groups is 1. The van der Waals surface area contributed by atoms with Gasteiger partial charge in [-0.1, -0.05) is 39.8 Å². The van der Waals surface area contributed by atoms with Crippen LogP contribution in [0, 0.1) is 0 Å². The summed E-state index contributed by atoms with van der Waals surface area (Å²) in [5.74, 6) is 1.42. The van der Waals surface area contributed by atoms with Crippen LogP contribution in [-0.4, -0.2) is 19.4 Å². The fraction of sp³-hybridized carbons (Fsp3) is 0.562. The van der Waals surface area contributed by atoms with Crippen molar-refractivity contribution in [2.45, 2.75) is 45.4 Å². The van der Waals surface area contributed by atoms with Gasteiger partial charge in [-0.3, -0.25) is 4.79 Å². The maximum atomic E-state index is 11.4. The third-order valence-electron chi connectivity index (χ3n) is 3.88. The minimum absolute atomic E-state index is 0.399. The Kier molecular flexibility index (Phi) is 3.86. The van der Waals surface area contributed by atoms with E-state index in [0.717, 1.165) is 24.9 Å². The number of carbonyl (C=O) groups excluding carboxylic acids is 1. The van der Waals surface area contributed by atoms with Gasteiger partial charge in [-0.05, 0) is 28.5 Å². The molecule has 0 spiro atoms. The lowest BCUT2D eigenvalue weighted by atomic mass is 9.83. The molecule has 0 radical (unpaired) electrons. The highest BCUT2D eigenvalue weighted by atomic mass is 16.1. The Bertz CT molecular complexity index is 415. The van der Waals surface area contributed by atoms with Crippen molar-refractivity contribution in [1.82, 2.24) is 5.32 Å². The van der Waals surface area contributed by atoms with Crippen LogP contribution in [0.2, 0.25) is 0 Å². The zero-order chi connectivity index (χ0) is 13.3. The fourth-order valence-electron chi connectivity index (χ4n) is 2.57. The predicted octanol–water partition coefficient (Wildman–Crippen LogP) is 3.43. The van der Waals surface area contributed by atoms with Crippen LogP contribution in [0.1, 0.15) is 72.5 Å². The molecule has 0 atom stereocenters. The second kappa shape index (κ2) is 5.23. The molecule has 98 valence electrons. The maximum Gasteiger partial charge on any atom is 0.150 e. The van der Waals surface area contributed by atoms with E-state index >= 15 is 0 Å². The lowest BCUT2D eigenvalue weighted by Crippen LogP contribution is -2.40. The Hall–Kier alpha value is -1.15. The van der Waals surface area contributed by atoms with Gasteiger partial charge in [0.05, 0.1) is 0 Å². The summed E-state index contributed by atoms with van der Waals surface area (Å²) >= 11 is 0. The Labute approximate surface area is 110 Å². The fourth-order valence-corrected chi connectivity index (χ4v) is 2.57. The van der Waals surface area contributed by atoms with Gasteiger partial charge in [0, 0.05) is 24.6 Å². The summed E-state index contributed by atoms with van der Waals surface area (Å²) in [5.41, 5.74) is 4.72. The van der Waals surface area contributed by atoms with Crippen LogP contribution in [0.15, 0.2) is 12.1 Å². The van der Waals surface area contributed by atoms with Crippen molar-refractivity contribution in [3.8, 4) is 0 Å². The summed E-state index contributed by atoms with van der Waals surface area (Å²) in [7, 11) is 0. The first-order valence-corrected chi connectivity index (χ1v) is 6.88. The van der Waals surface area contributed by atoms with Crippen molar-refractivity contribution in [2.24, 2.45) is 0 Å². The minimum atomic E-state index is 0.399. The smallest absolute Gasteiger partial charge is 0.150 e. The molecule has 1 aliphatic heterocycles. The van der Waals surface area contributed by atoms with Crippen molar-refractivity contribution in [1.29, 1.82) is 0 Å². The van der Waals surface area contributed by atoms with E-state index in [1.54, 1.807) is 0 Å². The van der Waals surface area contributed by atoms with E-state index in [1.807, 2.05) is 0 Å². The third kappa shape index (κ3) is 2.35. The number of hydrogen-bond donors (Lipinski definition) is 1. The molecule has 1 aromatic carbocycles. The van der Waals surface area contributed by atoms with Crippen LogP contribution in [0.25, 0.3) is 0 Å². The molecule has 1 N–H and O–H groups in total. The second-order valence-corrected chi connectivity index (χ2v) is 5.90. The Morgan fingerprint density at radius 1 is 1.11 bits per heavy atom. The predicted molar refractivity (Wildman–Crippen MR) is 75.6 cm³/mol. The zero-order valence-electron chi connectivity index (χ0n) is 11.8. The SMILES string of the molecule is CC(C)c1cc(C2CNC2)cc(C(C)C)c1C=O. The Morgan fingerprint density at radius 2 is 1.61 bits per heavy atom. The number of benzene rings is 1. The van der Waals surface area contributed by atoms with Crippen molar-refractivity contribution < 1.29 is 4.79 Å². The van der Waals surface area contributed by atoms with Gasteiger partial charge in [0.25, 0.3) is 0 Å². The quantitative estimate of drug-likeness (QED) is 0.823. The van der Waals surface area contributed by atoms with Crippen LogP contribution in [0.4, 0.5) is 0 Å². The van der Waals surface area contributed by atoms with Crippen molar-refractivity contribution in [3.63, 3.8) is 0 Å². The summed E-state index contributed by atoms with van der Waals surface area (Å²) in [6.45, 7) is 10.8. The molecule has 0 amide bonds. The van der Waals surface area contributed by atoms with E-state index in [0.29, 0.717) is 17.8 Å². The monoisotopic (exact) mass is 245 g/mol. The summed E-state index contributed by atoms with van der Waals surface area (Å²) in [4.78, 5) is 11.4. The average molecular weight is 245 g/mol.